The molecule has 0 amide bonds. The van der Waals surface area contributed by atoms with E-state index in [0.717, 1.165) is 41.4 Å². The van der Waals surface area contributed by atoms with Crippen LogP contribution in [0.4, 0.5) is 0 Å². The number of hydrogen-bond donors (Lipinski definition) is 0. The van der Waals surface area contributed by atoms with Gasteiger partial charge in [0.15, 0.2) is 0 Å². The summed E-state index contributed by atoms with van der Waals surface area (Å²) in [4.78, 5) is 0. The van der Waals surface area contributed by atoms with Gasteiger partial charge < -0.3 is 0 Å². The number of hydrogen-bond acceptors (Lipinski definition) is 0. The molecule has 0 aromatic carbocycles. The van der Waals surface area contributed by atoms with Gasteiger partial charge in [-0.15, -0.1) is 26.0 Å². The van der Waals surface area contributed by atoms with Crippen molar-refractivity contribution in [1.82, 2.24) is 0 Å². The Bertz CT molecular complexity index is 885. The molecule has 0 nitrogen and oxygen atoms in total. The van der Waals surface area contributed by atoms with Gasteiger partial charge in [-0.1, -0.05) is 177 Å². The molecule has 4 fully saturated rings. The second-order valence-electron chi connectivity index (χ2n) is 18.5. The monoisotopic (exact) mass is 787 g/mol. The zero-order valence-corrected chi connectivity index (χ0v) is 41.3. The van der Waals surface area contributed by atoms with Crippen LogP contribution in [-0.4, -0.2) is 0 Å². The lowest BCUT2D eigenvalue weighted by molar-refractivity contribution is -0.119. The van der Waals surface area contributed by atoms with Crippen LogP contribution < -0.4 is 0 Å². The fourth-order valence-electron chi connectivity index (χ4n) is 11.5. The topological polar surface area (TPSA) is 0 Å². The molecule has 0 spiro atoms. The second-order valence-corrected chi connectivity index (χ2v) is 18.5. The molecule has 0 N–H and O–H groups in total. The number of allylic oxidation sites excluding steroid dienone is 2. The van der Waals surface area contributed by atoms with Crippen LogP contribution in [0.5, 0.6) is 0 Å². The first-order valence-corrected chi connectivity index (χ1v) is 24.7. The minimum atomic E-state index is 0. The quantitative estimate of drug-likeness (QED) is 0.0695. The molecule has 0 aromatic heterocycles. The largest absolute Gasteiger partial charge is 0.197 e. The maximum atomic E-state index is 4.00. The maximum absolute atomic E-state index is 4.00. The Morgan fingerprint density at radius 2 is 1.20 bits per heavy atom. The molecular formula is C54H106S. The van der Waals surface area contributed by atoms with E-state index in [1.807, 2.05) is 34.6 Å². The summed E-state index contributed by atoms with van der Waals surface area (Å²) in [6, 6.07) is 0. The zero-order chi connectivity index (χ0) is 41.4. The van der Waals surface area contributed by atoms with Crippen LogP contribution in [0.3, 0.4) is 0 Å². The molecule has 0 saturated heterocycles. The van der Waals surface area contributed by atoms with Gasteiger partial charge >= 0.3 is 0 Å². The summed E-state index contributed by atoms with van der Waals surface area (Å²) in [7, 11) is 0. The van der Waals surface area contributed by atoms with Gasteiger partial charge in [0, 0.05) is 0 Å². The van der Waals surface area contributed by atoms with Gasteiger partial charge in [-0.25, -0.2) is 0 Å². The number of terminal acetylenes is 1. The van der Waals surface area contributed by atoms with Crippen molar-refractivity contribution in [2.24, 2.45) is 52.3 Å². The summed E-state index contributed by atoms with van der Waals surface area (Å²) in [5, 5.41) is 0. The molecule has 0 radical (unpaired) electrons. The molecule has 1 heteroatoms. The van der Waals surface area contributed by atoms with Gasteiger partial charge in [0.2, 0.25) is 0 Å². The fourth-order valence-corrected chi connectivity index (χ4v) is 11.5. The lowest BCUT2D eigenvalue weighted by atomic mass is 9.44. The first-order chi connectivity index (χ1) is 26.1. The first-order valence-electron chi connectivity index (χ1n) is 24.7. The van der Waals surface area contributed by atoms with Crippen molar-refractivity contribution in [2.45, 2.75) is 256 Å². The molecule has 0 aromatic rings. The molecular weight excluding hydrogens is 681 g/mol. The van der Waals surface area contributed by atoms with Crippen molar-refractivity contribution in [3.63, 3.8) is 0 Å². The number of unbranched alkanes of at least 4 members (excludes halogenated alkanes) is 10. The van der Waals surface area contributed by atoms with Crippen LogP contribution >= 0.6 is 13.5 Å². The smallest absolute Gasteiger partial charge is 0.0266 e. The van der Waals surface area contributed by atoms with Gasteiger partial charge in [-0.05, 0) is 143 Å². The lowest BCUT2D eigenvalue weighted by Gasteiger charge is -2.61. The van der Waals surface area contributed by atoms with Crippen LogP contribution in [-0.2, 0) is 0 Å². The zero-order valence-electron chi connectivity index (χ0n) is 40.3. The molecule has 4 rings (SSSR count). The molecule has 4 aliphatic rings. The Labute approximate surface area is 358 Å². The van der Waals surface area contributed by atoms with E-state index in [4.69, 9.17) is 0 Å². The summed E-state index contributed by atoms with van der Waals surface area (Å²) in [5.41, 5.74) is 2.73. The Hall–Kier alpha value is -0.610. The van der Waals surface area contributed by atoms with Gasteiger partial charge in [-0.2, -0.15) is 13.5 Å². The summed E-state index contributed by atoms with van der Waals surface area (Å²) >= 11 is 0. The minimum Gasteiger partial charge on any atom is -0.197 e. The Kier molecular flexibility index (Phi) is 38.9. The second kappa shape index (κ2) is 36.5. The number of rotatable bonds is 19. The highest BCUT2D eigenvalue weighted by atomic mass is 32.1. The van der Waals surface area contributed by atoms with Crippen LogP contribution in [0.2, 0.25) is 0 Å². The molecule has 9 atom stereocenters. The van der Waals surface area contributed by atoms with Crippen molar-refractivity contribution < 1.29 is 0 Å². The summed E-state index contributed by atoms with van der Waals surface area (Å²) < 4.78 is 0. The van der Waals surface area contributed by atoms with Crippen LogP contribution in [0, 0.1) is 65.1 Å². The predicted octanol–water partition coefficient (Wildman–Crippen LogP) is 19.1. The van der Waals surface area contributed by atoms with Crippen molar-refractivity contribution in [1.29, 1.82) is 0 Å². The van der Waals surface area contributed by atoms with Gasteiger partial charge in [0.1, 0.15) is 0 Å². The van der Waals surface area contributed by atoms with E-state index in [-0.39, 0.29) is 13.5 Å². The highest BCUT2D eigenvalue weighted by Gasteiger charge is 2.59. The molecule has 328 valence electrons. The van der Waals surface area contributed by atoms with Crippen LogP contribution in [0.25, 0.3) is 0 Å². The SMILES string of the molecule is C#C.C=C(C)CCCCCCCCCC.C=CC.CC.CC.CCCCCCC1CCC2C3CCC4CC(CCCC(C)CC)CCC4(C)C3CCC12C.S. The van der Waals surface area contributed by atoms with E-state index in [2.05, 4.69) is 74.5 Å². The molecule has 9 unspecified atom stereocenters. The van der Waals surface area contributed by atoms with E-state index < -0.39 is 0 Å². The van der Waals surface area contributed by atoms with Gasteiger partial charge in [-0.3, -0.25) is 0 Å². The minimum absolute atomic E-state index is 0. The summed E-state index contributed by atoms with van der Waals surface area (Å²) in [6.07, 6.45) is 49.7. The van der Waals surface area contributed by atoms with Gasteiger partial charge in [0.25, 0.3) is 0 Å². The van der Waals surface area contributed by atoms with Crippen molar-refractivity contribution >= 4 is 13.5 Å². The highest BCUT2D eigenvalue weighted by molar-refractivity contribution is 7.59. The standard InChI is InChI=1S/C32H58.C13H26.C3H6.2C2H6.C2H2.H2S/c1-6-8-9-10-14-26-16-18-29-28-17-15-27-23-25(13-11-12-24(3)7-2)19-21-32(27,5)30(28)20-22-31(26,29)4;1-4-5-6-7-8-9-10-11-12-13(2)3;1-3-2;3*1-2;/h24-30H,6-23H2,1-5H3;2,4-12H2,1,3H3;3H,1H2,2H3;2*1-2H3;1-2H;1H2. The maximum Gasteiger partial charge on any atom is -0.0266 e. The third-order valence-electron chi connectivity index (χ3n) is 14.8. The Morgan fingerprint density at radius 3 is 1.75 bits per heavy atom. The molecule has 4 saturated carbocycles. The normalized spacial score (nSPS) is 28.8. The van der Waals surface area contributed by atoms with Crippen molar-refractivity contribution in [3.8, 4) is 12.8 Å². The van der Waals surface area contributed by atoms with Crippen molar-refractivity contribution in [2.75, 3.05) is 0 Å². The van der Waals surface area contributed by atoms with E-state index in [0.29, 0.717) is 10.8 Å². The third-order valence-corrected chi connectivity index (χ3v) is 14.8. The molecule has 55 heavy (non-hydrogen) atoms. The molecule has 4 aliphatic carbocycles. The summed E-state index contributed by atoms with van der Waals surface area (Å²) in [6.45, 7) is 34.3. The van der Waals surface area contributed by atoms with E-state index in [1.54, 1.807) is 70.3 Å². The fraction of sp³-hybridized carbons (Fsp3) is 0.889. The van der Waals surface area contributed by atoms with E-state index in [1.165, 1.54) is 115 Å². The average molecular weight is 788 g/mol. The molecule has 0 heterocycles. The lowest BCUT2D eigenvalue weighted by Crippen LogP contribution is -2.53. The Morgan fingerprint density at radius 1 is 0.691 bits per heavy atom. The third kappa shape index (κ3) is 21.3. The molecule has 0 aliphatic heterocycles. The van der Waals surface area contributed by atoms with Crippen molar-refractivity contribution in [3.05, 3.63) is 24.8 Å². The summed E-state index contributed by atoms with van der Waals surface area (Å²) in [5.74, 6) is 7.33. The van der Waals surface area contributed by atoms with Gasteiger partial charge in [0.05, 0.1) is 0 Å². The first kappa shape index (κ1) is 58.7. The number of fused-ring (bicyclic) bond motifs is 5. The van der Waals surface area contributed by atoms with Crippen LogP contribution in [0.1, 0.15) is 256 Å². The molecule has 0 bridgehead atoms. The van der Waals surface area contributed by atoms with E-state index in [9.17, 15) is 0 Å². The predicted molar refractivity (Wildman–Crippen MR) is 262 cm³/mol. The highest BCUT2D eigenvalue weighted by Crippen LogP contribution is 2.68. The Balaban J connectivity index is -0.000000989. The van der Waals surface area contributed by atoms with Crippen LogP contribution in [0.15, 0.2) is 24.8 Å². The average Bonchev–Trinajstić information content (AvgIpc) is 3.53. The van der Waals surface area contributed by atoms with E-state index >= 15 is 0 Å².